The van der Waals surface area contributed by atoms with Crippen molar-refractivity contribution >= 4 is 28.3 Å². The average molecular weight is 376 g/mol. The molecule has 19 heavy (non-hydrogen) atoms. The molecule has 1 aromatic rings. The molecule has 0 aliphatic carbocycles. The number of hydrogen-bond donors (Lipinski definition) is 1. The fraction of sp³-hybridized carbons (Fsp3) is 0.571. The summed E-state index contributed by atoms with van der Waals surface area (Å²) in [7, 11) is 0. The van der Waals surface area contributed by atoms with Crippen molar-refractivity contribution in [2.24, 2.45) is 5.41 Å². The summed E-state index contributed by atoms with van der Waals surface area (Å²) in [6.45, 7) is 9.64. The SMILES string of the molecule is CCNC(Cc1ccc([N+](=O)[O-])cc1I)C(C)(C)C. The number of nitrogens with one attached hydrogen (secondary N) is 1. The van der Waals surface area contributed by atoms with Gasteiger partial charge in [0.1, 0.15) is 0 Å². The number of benzene rings is 1. The Bertz CT molecular complexity index is 455. The standard InChI is InChI=1S/C14H21IN2O2/c1-5-16-13(14(2,3)4)8-10-6-7-11(17(18)19)9-12(10)15/h6-7,9,13,16H,5,8H2,1-4H3. The number of likely N-dealkylation sites (N-methyl/N-ethyl adjacent to an activating group) is 1. The monoisotopic (exact) mass is 376 g/mol. The lowest BCUT2D eigenvalue weighted by atomic mass is 9.83. The van der Waals surface area contributed by atoms with E-state index in [-0.39, 0.29) is 16.0 Å². The number of non-ortho nitro benzene ring substituents is 1. The van der Waals surface area contributed by atoms with E-state index in [1.165, 1.54) is 0 Å². The minimum atomic E-state index is -0.350. The van der Waals surface area contributed by atoms with Crippen LogP contribution in [0, 0.1) is 19.1 Å². The van der Waals surface area contributed by atoms with Crippen LogP contribution in [0.2, 0.25) is 0 Å². The van der Waals surface area contributed by atoms with Gasteiger partial charge in [0.15, 0.2) is 0 Å². The predicted molar refractivity (Wildman–Crippen MR) is 86.4 cm³/mol. The minimum Gasteiger partial charge on any atom is -0.313 e. The molecule has 1 aromatic carbocycles. The Morgan fingerprint density at radius 3 is 2.47 bits per heavy atom. The largest absolute Gasteiger partial charge is 0.313 e. The third-order valence-electron chi connectivity index (χ3n) is 3.17. The number of nitrogens with zero attached hydrogens (tertiary/aromatic N) is 1. The van der Waals surface area contributed by atoms with E-state index >= 15 is 0 Å². The van der Waals surface area contributed by atoms with Crippen molar-refractivity contribution in [3.63, 3.8) is 0 Å². The van der Waals surface area contributed by atoms with Gasteiger partial charge in [-0.05, 0) is 46.5 Å². The summed E-state index contributed by atoms with van der Waals surface area (Å²) in [5.74, 6) is 0. The van der Waals surface area contributed by atoms with Crippen LogP contribution in [0.5, 0.6) is 0 Å². The first kappa shape index (κ1) is 16.4. The van der Waals surface area contributed by atoms with Gasteiger partial charge in [0.25, 0.3) is 5.69 Å². The molecule has 0 aliphatic heterocycles. The minimum absolute atomic E-state index is 0.154. The Balaban J connectivity index is 2.94. The normalized spacial score (nSPS) is 13.3. The molecular formula is C14H21IN2O2. The lowest BCUT2D eigenvalue weighted by Crippen LogP contribution is -2.42. The first-order chi connectivity index (χ1) is 8.75. The van der Waals surface area contributed by atoms with Crippen LogP contribution < -0.4 is 5.32 Å². The second-order valence-corrected chi connectivity index (χ2v) is 6.88. The van der Waals surface area contributed by atoms with Gasteiger partial charge in [-0.2, -0.15) is 0 Å². The summed E-state index contributed by atoms with van der Waals surface area (Å²) in [5, 5.41) is 14.2. The van der Waals surface area contributed by atoms with E-state index in [1.807, 2.05) is 6.07 Å². The highest BCUT2D eigenvalue weighted by atomic mass is 127. The maximum absolute atomic E-state index is 10.7. The van der Waals surface area contributed by atoms with Crippen LogP contribution in [-0.4, -0.2) is 17.5 Å². The maximum Gasteiger partial charge on any atom is 0.270 e. The molecule has 106 valence electrons. The number of nitro benzene ring substituents is 1. The molecule has 0 radical (unpaired) electrons. The Kier molecular flexibility index (Phi) is 5.73. The van der Waals surface area contributed by atoms with Gasteiger partial charge in [0.05, 0.1) is 4.92 Å². The molecule has 0 saturated heterocycles. The van der Waals surface area contributed by atoms with Gasteiger partial charge < -0.3 is 5.32 Å². The second-order valence-electron chi connectivity index (χ2n) is 5.71. The highest BCUT2D eigenvalue weighted by Gasteiger charge is 2.24. The topological polar surface area (TPSA) is 55.2 Å². The van der Waals surface area contributed by atoms with Gasteiger partial charge in [0, 0.05) is 21.7 Å². The van der Waals surface area contributed by atoms with Crippen LogP contribution in [0.25, 0.3) is 0 Å². The van der Waals surface area contributed by atoms with Crippen molar-refractivity contribution in [1.29, 1.82) is 0 Å². The molecule has 1 atom stereocenters. The Morgan fingerprint density at radius 2 is 2.05 bits per heavy atom. The highest BCUT2D eigenvalue weighted by molar-refractivity contribution is 14.1. The van der Waals surface area contributed by atoms with Crippen molar-refractivity contribution < 1.29 is 4.92 Å². The van der Waals surface area contributed by atoms with E-state index in [0.29, 0.717) is 6.04 Å². The van der Waals surface area contributed by atoms with Crippen molar-refractivity contribution in [3.05, 3.63) is 37.4 Å². The van der Waals surface area contributed by atoms with Gasteiger partial charge in [-0.15, -0.1) is 0 Å². The molecule has 0 spiro atoms. The third-order valence-corrected chi connectivity index (χ3v) is 4.17. The van der Waals surface area contributed by atoms with E-state index in [4.69, 9.17) is 0 Å². The van der Waals surface area contributed by atoms with Gasteiger partial charge in [-0.3, -0.25) is 10.1 Å². The fourth-order valence-corrected chi connectivity index (χ4v) is 2.69. The van der Waals surface area contributed by atoms with Gasteiger partial charge in [-0.1, -0.05) is 33.8 Å². The van der Waals surface area contributed by atoms with Gasteiger partial charge in [-0.25, -0.2) is 0 Å². The lowest BCUT2D eigenvalue weighted by Gasteiger charge is -2.31. The van der Waals surface area contributed by atoms with E-state index in [0.717, 1.165) is 22.1 Å². The first-order valence-electron chi connectivity index (χ1n) is 6.42. The van der Waals surface area contributed by atoms with E-state index in [9.17, 15) is 10.1 Å². The number of halogens is 1. The van der Waals surface area contributed by atoms with Gasteiger partial charge >= 0.3 is 0 Å². The van der Waals surface area contributed by atoms with Crippen LogP contribution in [0.3, 0.4) is 0 Å². The Hall–Kier alpha value is -0.690. The average Bonchev–Trinajstić information content (AvgIpc) is 2.29. The summed E-state index contributed by atoms with van der Waals surface area (Å²) >= 11 is 2.18. The molecule has 1 unspecified atom stereocenters. The van der Waals surface area contributed by atoms with Crippen LogP contribution >= 0.6 is 22.6 Å². The fourth-order valence-electron chi connectivity index (χ4n) is 1.97. The van der Waals surface area contributed by atoms with E-state index in [2.05, 4.69) is 55.6 Å². The highest BCUT2D eigenvalue weighted by Crippen LogP contribution is 2.26. The summed E-state index contributed by atoms with van der Waals surface area (Å²) in [5.41, 5.74) is 1.47. The van der Waals surface area contributed by atoms with Crippen LogP contribution in [0.15, 0.2) is 18.2 Å². The molecule has 0 saturated carbocycles. The summed E-state index contributed by atoms with van der Waals surface area (Å²) in [4.78, 5) is 10.4. The summed E-state index contributed by atoms with van der Waals surface area (Å²) < 4.78 is 0.957. The molecule has 1 N–H and O–H groups in total. The van der Waals surface area contributed by atoms with Crippen molar-refractivity contribution in [2.75, 3.05) is 6.54 Å². The smallest absolute Gasteiger partial charge is 0.270 e. The molecule has 1 rings (SSSR count). The van der Waals surface area contributed by atoms with Crippen molar-refractivity contribution in [3.8, 4) is 0 Å². The van der Waals surface area contributed by atoms with Gasteiger partial charge in [0.2, 0.25) is 0 Å². The zero-order chi connectivity index (χ0) is 14.6. The van der Waals surface area contributed by atoms with Crippen molar-refractivity contribution in [1.82, 2.24) is 5.32 Å². The molecule has 4 nitrogen and oxygen atoms in total. The Morgan fingerprint density at radius 1 is 1.42 bits per heavy atom. The third kappa shape index (κ3) is 4.72. The molecule has 5 heteroatoms. The number of nitro groups is 1. The molecule has 0 aliphatic rings. The first-order valence-corrected chi connectivity index (χ1v) is 7.49. The van der Waals surface area contributed by atoms with E-state index in [1.54, 1.807) is 12.1 Å². The zero-order valence-corrected chi connectivity index (χ0v) is 14.0. The van der Waals surface area contributed by atoms with Crippen LogP contribution in [0.1, 0.15) is 33.3 Å². The maximum atomic E-state index is 10.7. The van der Waals surface area contributed by atoms with Crippen LogP contribution in [-0.2, 0) is 6.42 Å². The second kappa shape index (κ2) is 6.65. The Labute approximate surface area is 128 Å². The molecule has 0 heterocycles. The predicted octanol–water partition coefficient (Wildman–Crippen LogP) is 3.77. The summed E-state index contributed by atoms with van der Waals surface area (Å²) in [6.07, 6.45) is 0.883. The number of hydrogen-bond acceptors (Lipinski definition) is 3. The summed E-state index contributed by atoms with van der Waals surface area (Å²) in [6, 6.07) is 5.45. The molecule has 0 fully saturated rings. The molecule has 0 aromatic heterocycles. The molecule has 0 amide bonds. The van der Waals surface area contributed by atoms with E-state index < -0.39 is 0 Å². The molecular weight excluding hydrogens is 355 g/mol. The van der Waals surface area contributed by atoms with Crippen LogP contribution in [0.4, 0.5) is 5.69 Å². The quantitative estimate of drug-likeness (QED) is 0.484. The number of rotatable bonds is 5. The molecule has 0 bridgehead atoms. The zero-order valence-electron chi connectivity index (χ0n) is 11.9. The van der Waals surface area contributed by atoms with Crippen molar-refractivity contribution in [2.45, 2.75) is 40.2 Å². The lowest BCUT2D eigenvalue weighted by molar-refractivity contribution is -0.385.